The lowest BCUT2D eigenvalue weighted by Gasteiger charge is -2.07. The predicted octanol–water partition coefficient (Wildman–Crippen LogP) is 2.13. The molecule has 0 atom stereocenters. The first kappa shape index (κ1) is 16.3. The number of nitrogens with one attached hydrogen (secondary N) is 1. The molecule has 0 fully saturated rings. The Kier molecular flexibility index (Phi) is 5.19. The van der Waals surface area contributed by atoms with Crippen LogP contribution >= 0.6 is 0 Å². The molecule has 0 aliphatic carbocycles. The van der Waals surface area contributed by atoms with E-state index in [1.54, 1.807) is 12.1 Å². The fourth-order valence-electron chi connectivity index (χ4n) is 2.20. The molecule has 1 heterocycles. The van der Waals surface area contributed by atoms with Crippen LogP contribution in [0.1, 0.15) is 29.6 Å². The number of pyridine rings is 1. The number of carbonyl (C=O) groups is 2. The van der Waals surface area contributed by atoms with Crippen molar-refractivity contribution in [2.75, 3.05) is 6.54 Å². The number of non-ortho nitro benzene ring substituents is 1. The van der Waals surface area contributed by atoms with Crippen LogP contribution in [-0.4, -0.2) is 33.4 Å². The van der Waals surface area contributed by atoms with Gasteiger partial charge in [-0.25, -0.2) is 0 Å². The lowest BCUT2D eigenvalue weighted by Crippen LogP contribution is -2.25. The van der Waals surface area contributed by atoms with Crippen molar-refractivity contribution >= 4 is 28.5 Å². The Morgan fingerprint density at radius 2 is 2.04 bits per heavy atom. The van der Waals surface area contributed by atoms with Crippen LogP contribution < -0.4 is 5.32 Å². The quantitative estimate of drug-likeness (QED) is 0.458. The van der Waals surface area contributed by atoms with Crippen LogP contribution in [0.5, 0.6) is 0 Å². The molecule has 23 heavy (non-hydrogen) atoms. The second-order valence-corrected chi connectivity index (χ2v) is 4.90. The first-order chi connectivity index (χ1) is 11.0. The Labute approximate surface area is 131 Å². The molecule has 0 bridgehead atoms. The highest BCUT2D eigenvalue weighted by molar-refractivity contribution is 6.07. The van der Waals surface area contributed by atoms with Gasteiger partial charge in [-0.05, 0) is 31.0 Å². The van der Waals surface area contributed by atoms with Crippen molar-refractivity contribution in [2.24, 2.45) is 0 Å². The van der Waals surface area contributed by atoms with E-state index in [1.807, 2.05) is 0 Å². The predicted molar refractivity (Wildman–Crippen MR) is 82.2 cm³/mol. The van der Waals surface area contributed by atoms with Crippen molar-refractivity contribution in [2.45, 2.75) is 19.3 Å². The highest BCUT2D eigenvalue weighted by Crippen LogP contribution is 2.26. The van der Waals surface area contributed by atoms with Crippen LogP contribution in [0.4, 0.5) is 5.69 Å². The Balaban J connectivity index is 2.14. The van der Waals surface area contributed by atoms with E-state index in [0.717, 1.165) is 0 Å². The molecule has 0 aliphatic heterocycles. The summed E-state index contributed by atoms with van der Waals surface area (Å²) in [7, 11) is 0. The lowest BCUT2D eigenvalue weighted by molar-refractivity contribution is -0.383. The number of nitro groups is 1. The van der Waals surface area contributed by atoms with Gasteiger partial charge in [0.15, 0.2) is 0 Å². The van der Waals surface area contributed by atoms with E-state index < -0.39 is 10.9 Å². The minimum Gasteiger partial charge on any atom is -0.481 e. The van der Waals surface area contributed by atoms with Crippen molar-refractivity contribution in [3.05, 3.63) is 46.1 Å². The Hall–Kier alpha value is -3.03. The van der Waals surface area contributed by atoms with Crippen LogP contribution in [0.25, 0.3) is 10.9 Å². The third kappa shape index (κ3) is 4.00. The molecule has 1 amide bonds. The zero-order chi connectivity index (χ0) is 16.8. The SMILES string of the molecule is O=C(O)CCCCNC(=O)c1ccc([N+](=O)[O-])c2cccnc12. The number of hydrogen-bond acceptors (Lipinski definition) is 5. The molecule has 2 aromatic rings. The highest BCUT2D eigenvalue weighted by atomic mass is 16.6. The van der Waals surface area contributed by atoms with Crippen LogP contribution in [0.3, 0.4) is 0 Å². The summed E-state index contributed by atoms with van der Waals surface area (Å²) in [5, 5.41) is 22.5. The molecule has 0 aliphatic rings. The maximum absolute atomic E-state index is 12.2. The molecule has 2 N–H and O–H groups in total. The number of amides is 1. The molecule has 0 saturated carbocycles. The van der Waals surface area contributed by atoms with Gasteiger partial charge in [0.2, 0.25) is 0 Å². The number of aliphatic carboxylic acids is 1. The summed E-state index contributed by atoms with van der Waals surface area (Å²) in [6, 6.07) is 5.77. The van der Waals surface area contributed by atoms with E-state index in [1.165, 1.54) is 18.3 Å². The molecule has 0 saturated heterocycles. The Morgan fingerprint density at radius 3 is 2.74 bits per heavy atom. The Morgan fingerprint density at radius 1 is 1.26 bits per heavy atom. The minimum absolute atomic E-state index is 0.0535. The highest BCUT2D eigenvalue weighted by Gasteiger charge is 2.18. The second kappa shape index (κ2) is 7.30. The van der Waals surface area contributed by atoms with Gasteiger partial charge in [-0.3, -0.25) is 24.7 Å². The first-order valence-corrected chi connectivity index (χ1v) is 7.03. The average Bonchev–Trinajstić information content (AvgIpc) is 2.52. The van der Waals surface area contributed by atoms with E-state index in [4.69, 9.17) is 5.11 Å². The van der Waals surface area contributed by atoms with Crippen molar-refractivity contribution in [3.63, 3.8) is 0 Å². The number of carbonyl (C=O) groups excluding carboxylic acids is 1. The second-order valence-electron chi connectivity index (χ2n) is 4.90. The lowest BCUT2D eigenvalue weighted by atomic mass is 10.1. The summed E-state index contributed by atoms with van der Waals surface area (Å²) < 4.78 is 0. The zero-order valence-electron chi connectivity index (χ0n) is 12.2. The molecular weight excluding hydrogens is 302 g/mol. The molecule has 1 aromatic heterocycles. The summed E-state index contributed by atoms with van der Waals surface area (Å²) >= 11 is 0. The zero-order valence-corrected chi connectivity index (χ0v) is 12.2. The van der Waals surface area contributed by atoms with Crippen molar-refractivity contribution < 1.29 is 19.6 Å². The fourth-order valence-corrected chi connectivity index (χ4v) is 2.20. The molecule has 0 unspecified atom stereocenters. The average molecular weight is 317 g/mol. The van der Waals surface area contributed by atoms with E-state index in [-0.39, 0.29) is 29.1 Å². The van der Waals surface area contributed by atoms with E-state index in [9.17, 15) is 19.7 Å². The van der Waals surface area contributed by atoms with Crippen LogP contribution in [0.2, 0.25) is 0 Å². The first-order valence-electron chi connectivity index (χ1n) is 7.03. The standard InChI is InChI=1S/C15H15N3O5/c19-13(20)5-1-2-8-17-15(21)11-6-7-12(18(22)23)10-4-3-9-16-14(10)11/h3-4,6-7,9H,1-2,5,8H2,(H,17,21)(H,19,20). The van der Waals surface area contributed by atoms with Crippen molar-refractivity contribution in [1.29, 1.82) is 0 Å². The normalized spacial score (nSPS) is 10.4. The number of carboxylic acids is 1. The molecular formula is C15H15N3O5. The number of rotatable bonds is 7. The number of carboxylic acid groups (broad SMARTS) is 1. The molecule has 1 aromatic carbocycles. The van der Waals surface area contributed by atoms with E-state index >= 15 is 0 Å². The Bertz CT molecular complexity index is 760. The van der Waals surface area contributed by atoms with Crippen molar-refractivity contribution in [1.82, 2.24) is 10.3 Å². The number of aromatic nitrogens is 1. The van der Waals surface area contributed by atoms with Crippen molar-refractivity contribution in [3.8, 4) is 0 Å². The summed E-state index contributed by atoms with van der Waals surface area (Å²) in [6.45, 7) is 0.331. The van der Waals surface area contributed by atoms with Gasteiger partial charge in [0.05, 0.1) is 21.4 Å². The summed E-state index contributed by atoms with van der Waals surface area (Å²) in [6.07, 6.45) is 2.53. The molecule has 120 valence electrons. The number of unbranched alkanes of at least 4 members (excludes halogenated alkanes) is 1. The fraction of sp³-hybridized carbons (Fsp3) is 0.267. The molecule has 0 spiro atoms. The number of hydrogen-bond donors (Lipinski definition) is 2. The molecule has 8 heteroatoms. The smallest absolute Gasteiger partial charge is 0.303 e. The maximum Gasteiger partial charge on any atom is 0.303 e. The number of nitrogens with zero attached hydrogens (tertiary/aromatic N) is 2. The third-order valence-electron chi connectivity index (χ3n) is 3.29. The van der Waals surface area contributed by atoms with Gasteiger partial charge in [-0.2, -0.15) is 0 Å². The van der Waals surface area contributed by atoms with E-state index in [0.29, 0.717) is 24.8 Å². The van der Waals surface area contributed by atoms with Crippen LogP contribution in [0.15, 0.2) is 30.5 Å². The van der Waals surface area contributed by atoms with Gasteiger partial charge in [-0.15, -0.1) is 0 Å². The van der Waals surface area contributed by atoms with Gasteiger partial charge < -0.3 is 10.4 Å². The summed E-state index contributed by atoms with van der Waals surface area (Å²) in [5.74, 6) is -1.26. The number of benzene rings is 1. The molecule has 8 nitrogen and oxygen atoms in total. The van der Waals surface area contributed by atoms with Crippen LogP contribution in [0, 0.1) is 10.1 Å². The monoisotopic (exact) mass is 317 g/mol. The summed E-state index contributed by atoms with van der Waals surface area (Å²) in [5.41, 5.74) is 0.417. The van der Waals surface area contributed by atoms with Gasteiger partial charge in [0.25, 0.3) is 11.6 Å². The summed E-state index contributed by atoms with van der Waals surface area (Å²) in [4.78, 5) is 37.2. The van der Waals surface area contributed by atoms with Gasteiger partial charge in [0, 0.05) is 25.2 Å². The number of fused-ring (bicyclic) bond motifs is 1. The third-order valence-corrected chi connectivity index (χ3v) is 3.29. The van der Waals surface area contributed by atoms with Gasteiger partial charge >= 0.3 is 5.97 Å². The van der Waals surface area contributed by atoms with E-state index in [2.05, 4.69) is 10.3 Å². The van der Waals surface area contributed by atoms with Gasteiger partial charge in [-0.1, -0.05) is 0 Å². The molecule has 0 radical (unpaired) electrons. The number of nitro benzene ring substituents is 1. The largest absolute Gasteiger partial charge is 0.481 e. The molecule has 2 rings (SSSR count). The topological polar surface area (TPSA) is 122 Å². The van der Waals surface area contributed by atoms with Gasteiger partial charge in [0.1, 0.15) is 0 Å². The minimum atomic E-state index is -0.873. The maximum atomic E-state index is 12.2. The van der Waals surface area contributed by atoms with Crippen LogP contribution in [-0.2, 0) is 4.79 Å².